The minimum Gasteiger partial charge on any atom is -0.459 e. The van der Waals surface area contributed by atoms with Gasteiger partial charge in [0.1, 0.15) is 6.10 Å². The number of sulfone groups is 1. The van der Waals surface area contributed by atoms with E-state index in [1.165, 1.54) is 38.1 Å². The van der Waals surface area contributed by atoms with Gasteiger partial charge in [0, 0.05) is 0 Å². The van der Waals surface area contributed by atoms with Crippen LogP contribution in [0.2, 0.25) is 0 Å². The number of carbonyl (C=O) groups excluding carboxylic acids is 1. The van der Waals surface area contributed by atoms with Crippen molar-refractivity contribution < 1.29 is 35.5 Å². The fourth-order valence-electron chi connectivity index (χ4n) is 2.88. The number of hydrogen-bond donors (Lipinski definition) is 0. The second kappa shape index (κ2) is 6.26. The highest BCUT2D eigenvalue weighted by atomic mass is 32.2. The van der Waals surface area contributed by atoms with E-state index in [4.69, 9.17) is 0 Å². The van der Waals surface area contributed by atoms with Crippen molar-refractivity contribution in [2.24, 2.45) is 11.8 Å². The van der Waals surface area contributed by atoms with Gasteiger partial charge in [0.05, 0.1) is 16.6 Å². The van der Waals surface area contributed by atoms with Gasteiger partial charge >= 0.3 is 17.8 Å². The molecule has 1 aromatic rings. The summed E-state index contributed by atoms with van der Waals surface area (Å²) in [5.74, 6) is -6.11. The third kappa shape index (κ3) is 3.38. The number of halogens is 4. The molecule has 0 amide bonds. The first kappa shape index (κ1) is 19.7. The SMILES string of the molecule is Cc1ccc(S(=O)(=O)C[C@H]2[C@H](C(C)C)OC(=O)[C@@]2(F)C(F)(F)F)cc1. The smallest absolute Gasteiger partial charge is 0.433 e. The first-order chi connectivity index (χ1) is 11.3. The number of ether oxygens (including phenoxy) is 1. The highest BCUT2D eigenvalue weighted by Crippen LogP contribution is 2.49. The summed E-state index contributed by atoms with van der Waals surface area (Å²) in [5.41, 5.74) is -3.59. The van der Waals surface area contributed by atoms with Crippen LogP contribution in [0.1, 0.15) is 19.4 Å². The van der Waals surface area contributed by atoms with Gasteiger partial charge in [-0.1, -0.05) is 31.5 Å². The van der Waals surface area contributed by atoms with Crippen LogP contribution in [-0.4, -0.2) is 38.1 Å². The van der Waals surface area contributed by atoms with E-state index in [9.17, 15) is 30.8 Å². The number of hydrogen-bond acceptors (Lipinski definition) is 4. The van der Waals surface area contributed by atoms with Crippen LogP contribution in [-0.2, 0) is 19.4 Å². The largest absolute Gasteiger partial charge is 0.459 e. The van der Waals surface area contributed by atoms with Crippen molar-refractivity contribution in [3.8, 4) is 0 Å². The molecule has 1 aliphatic heterocycles. The lowest BCUT2D eigenvalue weighted by Gasteiger charge is -2.28. The van der Waals surface area contributed by atoms with Crippen molar-refractivity contribution in [1.29, 1.82) is 0 Å². The zero-order valence-electron chi connectivity index (χ0n) is 13.8. The van der Waals surface area contributed by atoms with Crippen molar-refractivity contribution in [2.75, 3.05) is 5.75 Å². The summed E-state index contributed by atoms with van der Waals surface area (Å²) in [5, 5.41) is 0. The molecular weight excluding hydrogens is 364 g/mol. The van der Waals surface area contributed by atoms with E-state index >= 15 is 0 Å². The monoisotopic (exact) mass is 382 g/mol. The Morgan fingerprint density at radius 2 is 1.72 bits per heavy atom. The molecule has 140 valence electrons. The number of aryl methyl sites for hydroxylation is 1. The molecule has 1 aliphatic rings. The molecule has 0 aromatic heterocycles. The Balaban J connectivity index is 2.48. The first-order valence-electron chi connectivity index (χ1n) is 7.57. The standard InChI is InChI=1S/C16H18F4O4S/c1-9(2)13-12(15(17,14(21)24-13)16(18,19)20)8-25(22,23)11-6-4-10(3)5-7-11/h4-7,9,12-13H,8H2,1-3H3/t12-,13-,15+/m0/s1. The van der Waals surface area contributed by atoms with Gasteiger partial charge < -0.3 is 4.74 Å². The maximum absolute atomic E-state index is 14.7. The normalized spacial score (nSPS) is 27.6. The molecular formula is C16H18F4O4S. The van der Waals surface area contributed by atoms with Crippen LogP contribution >= 0.6 is 0 Å². The molecule has 25 heavy (non-hydrogen) atoms. The molecule has 9 heteroatoms. The van der Waals surface area contributed by atoms with Crippen LogP contribution in [0, 0.1) is 18.8 Å². The summed E-state index contributed by atoms with van der Waals surface area (Å²) in [4.78, 5) is 11.4. The summed E-state index contributed by atoms with van der Waals surface area (Å²) in [7, 11) is -4.25. The molecule has 4 nitrogen and oxygen atoms in total. The molecule has 0 saturated carbocycles. The van der Waals surface area contributed by atoms with Crippen molar-refractivity contribution in [3.63, 3.8) is 0 Å². The van der Waals surface area contributed by atoms with Crippen molar-refractivity contribution in [3.05, 3.63) is 29.8 Å². The molecule has 3 atom stereocenters. The summed E-state index contributed by atoms with van der Waals surface area (Å²) in [6.45, 7) is 4.59. The second-order valence-electron chi connectivity index (χ2n) is 6.52. The van der Waals surface area contributed by atoms with Crippen molar-refractivity contribution >= 4 is 15.8 Å². The molecule has 0 spiro atoms. The van der Waals surface area contributed by atoms with Gasteiger partial charge in [-0.15, -0.1) is 0 Å². The van der Waals surface area contributed by atoms with Crippen molar-refractivity contribution in [1.82, 2.24) is 0 Å². The van der Waals surface area contributed by atoms with Gasteiger partial charge in [0.2, 0.25) is 0 Å². The molecule has 1 saturated heterocycles. The number of carbonyl (C=O) groups is 1. The van der Waals surface area contributed by atoms with E-state index < -0.39 is 51.3 Å². The van der Waals surface area contributed by atoms with E-state index in [1.807, 2.05) is 0 Å². The average Bonchev–Trinajstić information content (AvgIpc) is 2.73. The minimum absolute atomic E-state index is 0.232. The third-order valence-corrected chi connectivity index (χ3v) is 6.08. The Morgan fingerprint density at radius 1 is 1.20 bits per heavy atom. The van der Waals surface area contributed by atoms with Gasteiger partial charge in [0.15, 0.2) is 9.84 Å². The van der Waals surface area contributed by atoms with Gasteiger partial charge in [-0.2, -0.15) is 13.2 Å². The molecule has 1 aromatic carbocycles. The van der Waals surface area contributed by atoms with Crippen LogP contribution in [0.3, 0.4) is 0 Å². The van der Waals surface area contributed by atoms with Crippen LogP contribution in [0.4, 0.5) is 17.6 Å². The number of rotatable bonds is 4. The topological polar surface area (TPSA) is 60.4 Å². The summed E-state index contributed by atoms with van der Waals surface area (Å²) >= 11 is 0. The average molecular weight is 382 g/mol. The van der Waals surface area contributed by atoms with E-state index in [1.54, 1.807) is 6.92 Å². The molecule has 0 unspecified atom stereocenters. The lowest BCUT2D eigenvalue weighted by molar-refractivity contribution is -0.235. The quantitative estimate of drug-likeness (QED) is 0.593. The molecule has 0 radical (unpaired) electrons. The maximum atomic E-state index is 14.7. The fourth-order valence-corrected chi connectivity index (χ4v) is 4.52. The first-order valence-corrected chi connectivity index (χ1v) is 9.22. The van der Waals surface area contributed by atoms with Crippen LogP contribution in [0.25, 0.3) is 0 Å². The summed E-state index contributed by atoms with van der Waals surface area (Å²) in [6, 6.07) is 5.44. The summed E-state index contributed by atoms with van der Waals surface area (Å²) in [6.07, 6.45) is -7.05. The Bertz CT molecular complexity index is 755. The molecule has 1 fully saturated rings. The second-order valence-corrected chi connectivity index (χ2v) is 8.56. The van der Waals surface area contributed by atoms with Gasteiger partial charge in [-0.25, -0.2) is 17.6 Å². The number of cyclic esters (lactones) is 1. The van der Waals surface area contributed by atoms with E-state index in [0.29, 0.717) is 0 Å². The van der Waals surface area contributed by atoms with Crippen molar-refractivity contribution in [2.45, 2.75) is 43.6 Å². The van der Waals surface area contributed by atoms with Gasteiger partial charge in [-0.05, 0) is 25.0 Å². The van der Waals surface area contributed by atoms with Crippen LogP contribution < -0.4 is 0 Å². The number of alkyl halides is 4. The van der Waals surface area contributed by atoms with Crippen LogP contribution in [0.15, 0.2) is 29.2 Å². The fraction of sp³-hybridized carbons (Fsp3) is 0.562. The zero-order valence-corrected chi connectivity index (χ0v) is 14.6. The van der Waals surface area contributed by atoms with Gasteiger partial charge in [0.25, 0.3) is 0 Å². The molecule has 2 rings (SSSR count). The van der Waals surface area contributed by atoms with E-state index in [0.717, 1.165) is 5.56 Å². The highest BCUT2D eigenvalue weighted by Gasteiger charge is 2.74. The zero-order chi connectivity index (χ0) is 19.2. The van der Waals surface area contributed by atoms with E-state index in [2.05, 4.69) is 4.74 Å². The molecule has 1 heterocycles. The predicted molar refractivity (Wildman–Crippen MR) is 81.3 cm³/mol. The van der Waals surface area contributed by atoms with Crippen LogP contribution in [0.5, 0.6) is 0 Å². The van der Waals surface area contributed by atoms with E-state index in [-0.39, 0.29) is 4.90 Å². The third-order valence-electron chi connectivity index (χ3n) is 4.30. The number of esters is 1. The Morgan fingerprint density at radius 3 is 2.16 bits per heavy atom. The summed E-state index contributed by atoms with van der Waals surface area (Å²) < 4.78 is 84.0. The Labute approximate surface area is 143 Å². The molecule has 0 aliphatic carbocycles. The Kier molecular flexibility index (Phi) is 4.93. The minimum atomic E-state index is -5.57. The molecule has 0 N–H and O–H groups in total. The predicted octanol–water partition coefficient (Wildman–Crippen LogP) is 3.24. The number of benzene rings is 1. The lowest BCUT2D eigenvalue weighted by Crippen LogP contribution is -2.53. The lowest BCUT2D eigenvalue weighted by atomic mass is 9.84. The van der Waals surface area contributed by atoms with Gasteiger partial charge in [-0.3, -0.25) is 0 Å². The maximum Gasteiger partial charge on any atom is 0.433 e. The highest BCUT2D eigenvalue weighted by molar-refractivity contribution is 7.91. The Hall–Kier alpha value is -1.64. The molecule has 0 bridgehead atoms.